The lowest BCUT2D eigenvalue weighted by molar-refractivity contribution is 0.268. The number of thioether (sulfide) groups is 1. The molecule has 0 fully saturated rings. The van der Waals surface area contributed by atoms with Gasteiger partial charge in [-0.2, -0.15) is 0 Å². The molecule has 0 spiro atoms. The van der Waals surface area contributed by atoms with Crippen LogP contribution in [0.4, 0.5) is 4.79 Å². The standard InChI is InChI=1S/C7H11NOS/c1-4-7(3)5(2)8-6(9)10-7/h4H2,1-3H3. The Morgan fingerprint density at radius 2 is 2.30 bits per heavy atom. The molecule has 1 heterocycles. The predicted octanol–water partition coefficient (Wildman–Crippen LogP) is 2.48. The number of nitrogens with zero attached hydrogens (tertiary/aromatic N) is 1. The molecule has 0 bridgehead atoms. The highest BCUT2D eigenvalue weighted by Crippen LogP contribution is 2.36. The molecule has 0 aliphatic carbocycles. The Bertz CT molecular complexity index is 200. The lowest BCUT2D eigenvalue weighted by Crippen LogP contribution is -2.24. The van der Waals surface area contributed by atoms with Crippen LogP contribution in [0, 0.1) is 0 Å². The monoisotopic (exact) mass is 157 g/mol. The highest BCUT2D eigenvalue weighted by atomic mass is 32.2. The van der Waals surface area contributed by atoms with Crippen LogP contribution < -0.4 is 0 Å². The van der Waals surface area contributed by atoms with E-state index in [1.165, 1.54) is 11.8 Å². The zero-order valence-electron chi connectivity index (χ0n) is 6.47. The third-order valence-electron chi connectivity index (χ3n) is 2.01. The fraction of sp³-hybridized carbons (Fsp3) is 0.714. The largest absolute Gasteiger partial charge is 0.305 e. The first-order valence-corrected chi connectivity index (χ1v) is 4.19. The van der Waals surface area contributed by atoms with Crippen LogP contribution in [0.15, 0.2) is 4.99 Å². The second kappa shape index (κ2) is 2.38. The van der Waals surface area contributed by atoms with Crippen LogP contribution in [-0.4, -0.2) is 15.7 Å². The van der Waals surface area contributed by atoms with E-state index in [2.05, 4.69) is 18.8 Å². The second-order valence-corrected chi connectivity index (χ2v) is 4.10. The topological polar surface area (TPSA) is 29.4 Å². The van der Waals surface area contributed by atoms with Crippen LogP contribution in [-0.2, 0) is 0 Å². The Balaban J connectivity index is 2.86. The highest BCUT2D eigenvalue weighted by Gasteiger charge is 2.35. The smallest absolute Gasteiger partial charge is 0.259 e. The summed E-state index contributed by atoms with van der Waals surface area (Å²) in [5.41, 5.74) is 0.963. The fourth-order valence-electron chi connectivity index (χ4n) is 0.873. The Labute approximate surface area is 65.1 Å². The van der Waals surface area contributed by atoms with Crippen molar-refractivity contribution in [2.75, 3.05) is 0 Å². The van der Waals surface area contributed by atoms with E-state index in [1.807, 2.05) is 6.92 Å². The van der Waals surface area contributed by atoms with Crippen LogP contribution >= 0.6 is 11.8 Å². The van der Waals surface area contributed by atoms with Crippen LogP contribution in [0.25, 0.3) is 0 Å². The van der Waals surface area contributed by atoms with E-state index in [9.17, 15) is 4.79 Å². The minimum absolute atomic E-state index is 0.0168. The normalized spacial score (nSPS) is 32.7. The highest BCUT2D eigenvalue weighted by molar-refractivity contribution is 8.15. The van der Waals surface area contributed by atoms with Gasteiger partial charge in [-0.15, -0.1) is 0 Å². The van der Waals surface area contributed by atoms with Gasteiger partial charge in [-0.3, -0.25) is 4.79 Å². The summed E-state index contributed by atoms with van der Waals surface area (Å²) in [5, 5.41) is -0.0400. The van der Waals surface area contributed by atoms with Gasteiger partial charge in [0.05, 0.1) is 4.75 Å². The molecular formula is C7H11NOS. The molecule has 0 aromatic rings. The molecule has 0 aromatic heterocycles. The molecule has 1 unspecified atom stereocenters. The maximum atomic E-state index is 10.8. The van der Waals surface area contributed by atoms with Crippen LogP contribution in [0.1, 0.15) is 27.2 Å². The summed E-state index contributed by atoms with van der Waals surface area (Å²) in [6.45, 7) is 6.05. The molecule has 1 atom stereocenters. The number of carbonyl (C=O) groups is 1. The summed E-state index contributed by atoms with van der Waals surface area (Å²) in [5.74, 6) is 0. The lowest BCUT2D eigenvalue weighted by atomic mass is 10.0. The van der Waals surface area contributed by atoms with Gasteiger partial charge in [0.25, 0.3) is 0 Å². The number of hydrogen-bond donors (Lipinski definition) is 0. The van der Waals surface area contributed by atoms with Crippen LogP contribution in [0.5, 0.6) is 0 Å². The van der Waals surface area contributed by atoms with Crippen molar-refractivity contribution in [1.29, 1.82) is 0 Å². The molecular weight excluding hydrogens is 146 g/mol. The van der Waals surface area contributed by atoms with E-state index >= 15 is 0 Å². The first-order valence-electron chi connectivity index (χ1n) is 3.37. The van der Waals surface area contributed by atoms with Crippen molar-refractivity contribution in [2.45, 2.75) is 31.9 Å². The SMILES string of the molecule is CCC1(C)SC(=O)N=C1C. The summed E-state index contributed by atoms with van der Waals surface area (Å²) in [6.07, 6.45) is 0.971. The number of rotatable bonds is 1. The van der Waals surface area contributed by atoms with Crippen LogP contribution in [0.2, 0.25) is 0 Å². The molecule has 0 saturated heterocycles. The van der Waals surface area contributed by atoms with Crippen molar-refractivity contribution >= 4 is 22.7 Å². The summed E-state index contributed by atoms with van der Waals surface area (Å²) in [7, 11) is 0. The van der Waals surface area contributed by atoms with E-state index in [0.717, 1.165) is 12.1 Å². The third kappa shape index (κ3) is 1.10. The quantitative estimate of drug-likeness (QED) is 0.585. The van der Waals surface area contributed by atoms with Crippen molar-refractivity contribution < 1.29 is 4.79 Å². The van der Waals surface area contributed by atoms with Crippen molar-refractivity contribution in [3.05, 3.63) is 0 Å². The van der Waals surface area contributed by atoms with Gasteiger partial charge in [0.1, 0.15) is 0 Å². The zero-order valence-corrected chi connectivity index (χ0v) is 7.29. The zero-order chi connectivity index (χ0) is 7.78. The van der Waals surface area contributed by atoms with Gasteiger partial charge in [0, 0.05) is 5.71 Å². The molecule has 56 valence electrons. The molecule has 0 radical (unpaired) electrons. The molecule has 1 aliphatic heterocycles. The third-order valence-corrected chi connectivity index (χ3v) is 3.31. The van der Waals surface area contributed by atoms with Crippen molar-refractivity contribution in [3.8, 4) is 0 Å². The molecule has 3 heteroatoms. The molecule has 1 rings (SSSR count). The maximum Gasteiger partial charge on any atom is 0.305 e. The molecule has 0 saturated carbocycles. The molecule has 1 aliphatic rings. The average molecular weight is 157 g/mol. The number of amides is 1. The molecule has 10 heavy (non-hydrogen) atoms. The van der Waals surface area contributed by atoms with E-state index < -0.39 is 0 Å². The molecule has 0 aromatic carbocycles. The van der Waals surface area contributed by atoms with Crippen molar-refractivity contribution in [3.63, 3.8) is 0 Å². The maximum absolute atomic E-state index is 10.8. The Hall–Kier alpha value is -0.310. The number of carbonyl (C=O) groups excluding carboxylic acids is 1. The van der Waals surface area contributed by atoms with Gasteiger partial charge in [-0.25, -0.2) is 4.99 Å². The summed E-state index contributed by atoms with van der Waals surface area (Å²) >= 11 is 1.33. The summed E-state index contributed by atoms with van der Waals surface area (Å²) in [6, 6.07) is 0. The lowest BCUT2D eigenvalue weighted by Gasteiger charge is -2.18. The van der Waals surface area contributed by atoms with Crippen molar-refractivity contribution in [2.24, 2.45) is 4.99 Å². The van der Waals surface area contributed by atoms with Gasteiger partial charge in [-0.05, 0) is 20.3 Å². The molecule has 2 nitrogen and oxygen atoms in total. The fourth-order valence-corrected chi connectivity index (χ4v) is 1.78. The Morgan fingerprint density at radius 1 is 1.70 bits per heavy atom. The van der Waals surface area contributed by atoms with Crippen molar-refractivity contribution in [1.82, 2.24) is 0 Å². The second-order valence-electron chi connectivity index (χ2n) is 2.65. The number of aliphatic imine (C=N–C) groups is 1. The van der Waals surface area contributed by atoms with E-state index in [1.54, 1.807) is 0 Å². The van der Waals surface area contributed by atoms with Gasteiger partial charge in [-0.1, -0.05) is 18.7 Å². The Morgan fingerprint density at radius 3 is 2.50 bits per heavy atom. The van der Waals surface area contributed by atoms with Gasteiger partial charge < -0.3 is 0 Å². The van der Waals surface area contributed by atoms with E-state index in [4.69, 9.17) is 0 Å². The average Bonchev–Trinajstić information content (AvgIpc) is 2.09. The van der Waals surface area contributed by atoms with Gasteiger partial charge >= 0.3 is 5.24 Å². The minimum atomic E-state index is -0.0400. The molecule has 0 N–H and O–H groups in total. The first-order chi connectivity index (χ1) is 4.58. The molecule has 1 amide bonds. The number of hydrogen-bond acceptors (Lipinski definition) is 2. The summed E-state index contributed by atoms with van der Waals surface area (Å²) in [4.78, 5) is 14.7. The van der Waals surface area contributed by atoms with Gasteiger partial charge in [0.2, 0.25) is 0 Å². The minimum Gasteiger partial charge on any atom is -0.259 e. The first kappa shape index (κ1) is 7.79. The van der Waals surface area contributed by atoms with Crippen LogP contribution in [0.3, 0.4) is 0 Å². The predicted molar refractivity (Wildman–Crippen MR) is 44.8 cm³/mol. The van der Waals surface area contributed by atoms with E-state index in [-0.39, 0.29) is 9.99 Å². The Kier molecular flexibility index (Phi) is 1.86. The van der Waals surface area contributed by atoms with Gasteiger partial charge in [0.15, 0.2) is 0 Å². The van der Waals surface area contributed by atoms with E-state index in [0.29, 0.717) is 0 Å². The summed E-state index contributed by atoms with van der Waals surface area (Å²) < 4.78 is -0.0168.